The van der Waals surface area contributed by atoms with Crippen LogP contribution in [0.15, 0.2) is 51.6 Å². The first-order valence-electron chi connectivity index (χ1n) is 9.14. The van der Waals surface area contributed by atoms with Crippen molar-refractivity contribution in [1.82, 2.24) is 5.16 Å². The third-order valence-electron chi connectivity index (χ3n) is 4.52. The van der Waals surface area contributed by atoms with E-state index in [0.29, 0.717) is 41.2 Å². The van der Waals surface area contributed by atoms with E-state index >= 15 is 0 Å². The SMILES string of the molecule is CC(C)(C)c1cc(NC(=O)Nc2ccc(N3CNc4occc4C3=N)cc2)no1. The van der Waals surface area contributed by atoms with Crippen LogP contribution in [0.5, 0.6) is 0 Å². The number of nitrogens with one attached hydrogen (secondary N) is 4. The summed E-state index contributed by atoms with van der Waals surface area (Å²) in [5.74, 6) is 2.00. The topological polar surface area (TPSA) is 119 Å². The Morgan fingerprint density at radius 1 is 1.21 bits per heavy atom. The molecule has 4 rings (SSSR count). The van der Waals surface area contributed by atoms with Gasteiger partial charge in [0.1, 0.15) is 11.6 Å². The first-order chi connectivity index (χ1) is 13.8. The highest BCUT2D eigenvalue weighted by Gasteiger charge is 2.24. The lowest BCUT2D eigenvalue weighted by Crippen LogP contribution is -2.39. The molecule has 1 aliphatic rings. The van der Waals surface area contributed by atoms with Gasteiger partial charge in [-0.25, -0.2) is 4.79 Å². The van der Waals surface area contributed by atoms with E-state index in [4.69, 9.17) is 14.3 Å². The molecule has 0 saturated heterocycles. The van der Waals surface area contributed by atoms with Crippen LogP contribution in [0.25, 0.3) is 0 Å². The lowest BCUT2D eigenvalue weighted by molar-refractivity contribution is 0.262. The van der Waals surface area contributed by atoms with Crippen molar-refractivity contribution < 1.29 is 13.7 Å². The number of urea groups is 1. The van der Waals surface area contributed by atoms with Gasteiger partial charge in [0.25, 0.3) is 0 Å². The van der Waals surface area contributed by atoms with E-state index in [2.05, 4.69) is 21.1 Å². The summed E-state index contributed by atoms with van der Waals surface area (Å²) in [4.78, 5) is 14.0. The third-order valence-corrected chi connectivity index (χ3v) is 4.52. The minimum absolute atomic E-state index is 0.187. The fourth-order valence-corrected chi connectivity index (χ4v) is 2.92. The van der Waals surface area contributed by atoms with Crippen molar-refractivity contribution >= 4 is 34.9 Å². The summed E-state index contributed by atoms with van der Waals surface area (Å²) < 4.78 is 10.6. The van der Waals surface area contributed by atoms with Crippen LogP contribution in [0.1, 0.15) is 32.1 Å². The molecule has 0 aliphatic carbocycles. The van der Waals surface area contributed by atoms with Crippen molar-refractivity contribution in [2.24, 2.45) is 0 Å². The molecule has 0 atom stereocenters. The molecule has 0 fully saturated rings. The van der Waals surface area contributed by atoms with Gasteiger partial charge < -0.3 is 24.5 Å². The molecule has 9 heteroatoms. The fourth-order valence-electron chi connectivity index (χ4n) is 2.92. The molecule has 0 saturated carbocycles. The predicted molar refractivity (Wildman–Crippen MR) is 111 cm³/mol. The normalized spacial score (nSPS) is 13.6. The molecule has 3 aromatic rings. The molecule has 9 nitrogen and oxygen atoms in total. The number of anilines is 4. The number of rotatable bonds is 3. The van der Waals surface area contributed by atoms with Gasteiger partial charge in [0.15, 0.2) is 5.82 Å². The van der Waals surface area contributed by atoms with Crippen molar-refractivity contribution in [3.8, 4) is 0 Å². The van der Waals surface area contributed by atoms with Crippen molar-refractivity contribution in [1.29, 1.82) is 5.41 Å². The Kier molecular flexibility index (Phi) is 4.50. The number of aromatic nitrogens is 1. The van der Waals surface area contributed by atoms with E-state index in [9.17, 15) is 4.79 Å². The Bertz CT molecular complexity index is 1040. The molecule has 1 aromatic carbocycles. The molecule has 4 N–H and O–H groups in total. The second kappa shape index (κ2) is 7.01. The Labute approximate surface area is 167 Å². The fraction of sp³-hybridized carbons (Fsp3) is 0.250. The van der Waals surface area contributed by atoms with Crippen molar-refractivity contribution in [2.45, 2.75) is 26.2 Å². The number of nitrogens with zero attached hydrogens (tertiary/aromatic N) is 2. The summed E-state index contributed by atoms with van der Waals surface area (Å²) in [5.41, 5.74) is 1.96. The number of benzene rings is 1. The van der Waals surface area contributed by atoms with Crippen molar-refractivity contribution in [3.63, 3.8) is 0 Å². The summed E-state index contributed by atoms with van der Waals surface area (Å²) in [6.07, 6.45) is 1.56. The Morgan fingerprint density at radius 2 is 1.97 bits per heavy atom. The van der Waals surface area contributed by atoms with Crippen LogP contribution < -0.4 is 20.9 Å². The highest BCUT2D eigenvalue weighted by molar-refractivity contribution is 6.12. The average Bonchev–Trinajstić information content (AvgIpc) is 3.32. The first kappa shape index (κ1) is 18.6. The molecule has 2 aromatic heterocycles. The number of hydrogen-bond acceptors (Lipinski definition) is 6. The quantitative estimate of drug-likeness (QED) is 0.522. The van der Waals surface area contributed by atoms with E-state index in [-0.39, 0.29) is 5.41 Å². The highest BCUT2D eigenvalue weighted by atomic mass is 16.5. The maximum atomic E-state index is 12.2. The van der Waals surface area contributed by atoms with Crippen molar-refractivity contribution in [3.05, 3.63) is 54.0 Å². The summed E-state index contributed by atoms with van der Waals surface area (Å²) in [6.45, 7) is 6.44. The molecule has 0 bridgehead atoms. The van der Waals surface area contributed by atoms with Gasteiger partial charge in [-0.2, -0.15) is 0 Å². The van der Waals surface area contributed by atoms with E-state index in [1.54, 1.807) is 30.5 Å². The predicted octanol–water partition coefficient (Wildman–Crippen LogP) is 4.42. The van der Waals surface area contributed by atoms with Gasteiger partial charge >= 0.3 is 6.03 Å². The molecular weight excluding hydrogens is 372 g/mol. The third kappa shape index (κ3) is 3.79. The van der Waals surface area contributed by atoms with Crippen LogP contribution in [0, 0.1) is 5.41 Å². The minimum atomic E-state index is -0.415. The number of amides is 2. The second-order valence-electron chi connectivity index (χ2n) is 7.73. The molecule has 29 heavy (non-hydrogen) atoms. The van der Waals surface area contributed by atoms with Gasteiger partial charge in [-0.15, -0.1) is 0 Å². The maximum Gasteiger partial charge on any atom is 0.324 e. The summed E-state index contributed by atoms with van der Waals surface area (Å²) >= 11 is 0. The summed E-state index contributed by atoms with van der Waals surface area (Å²) in [6, 6.07) is 10.3. The molecule has 1 aliphatic heterocycles. The van der Waals surface area contributed by atoms with Gasteiger partial charge in [-0.1, -0.05) is 25.9 Å². The zero-order chi connectivity index (χ0) is 20.6. The summed E-state index contributed by atoms with van der Waals surface area (Å²) in [7, 11) is 0. The van der Waals surface area contributed by atoms with E-state index < -0.39 is 6.03 Å². The van der Waals surface area contributed by atoms with Crippen LogP contribution in [0.4, 0.5) is 27.9 Å². The highest BCUT2D eigenvalue weighted by Crippen LogP contribution is 2.28. The minimum Gasteiger partial charge on any atom is -0.448 e. The van der Waals surface area contributed by atoms with Crippen molar-refractivity contribution in [2.75, 3.05) is 27.5 Å². The van der Waals surface area contributed by atoms with E-state index in [1.165, 1.54) is 0 Å². The molecule has 150 valence electrons. The number of carbonyl (C=O) groups excluding carboxylic acids is 1. The first-order valence-corrected chi connectivity index (χ1v) is 9.14. The smallest absolute Gasteiger partial charge is 0.324 e. The monoisotopic (exact) mass is 394 g/mol. The van der Waals surface area contributed by atoms with Crippen LogP contribution in [0.2, 0.25) is 0 Å². The van der Waals surface area contributed by atoms with Gasteiger partial charge in [-0.05, 0) is 30.3 Å². The van der Waals surface area contributed by atoms with E-state index in [0.717, 1.165) is 5.69 Å². The summed E-state index contributed by atoms with van der Waals surface area (Å²) in [5, 5.41) is 20.8. The van der Waals surface area contributed by atoms with E-state index in [1.807, 2.05) is 37.8 Å². The zero-order valence-corrected chi connectivity index (χ0v) is 16.4. The van der Waals surface area contributed by atoms with Gasteiger partial charge in [0.05, 0.1) is 18.5 Å². The standard InChI is InChI=1S/C20H22N6O3/c1-20(2,3)15-10-16(25-29-15)24-19(27)23-12-4-6-13(7-5-12)26-11-22-18-14(17(26)21)8-9-28-18/h4-10,21-22H,11H2,1-3H3,(H2,23,24,25,27). The number of furan rings is 1. The molecular formula is C20H22N6O3. The Balaban J connectivity index is 1.39. The Hall–Kier alpha value is -3.75. The van der Waals surface area contributed by atoms with Gasteiger partial charge in [0.2, 0.25) is 5.88 Å². The van der Waals surface area contributed by atoms with Crippen LogP contribution >= 0.6 is 0 Å². The lowest BCUT2D eigenvalue weighted by atomic mass is 9.93. The van der Waals surface area contributed by atoms with Crippen LogP contribution in [-0.4, -0.2) is 23.7 Å². The molecule has 0 radical (unpaired) electrons. The maximum absolute atomic E-state index is 12.2. The molecule has 3 heterocycles. The molecule has 0 unspecified atom stereocenters. The van der Waals surface area contributed by atoms with Crippen LogP contribution in [-0.2, 0) is 5.41 Å². The number of fused-ring (bicyclic) bond motifs is 1. The molecule has 2 amide bonds. The number of carbonyl (C=O) groups is 1. The molecule has 0 spiro atoms. The van der Waals surface area contributed by atoms with Gasteiger partial charge in [0, 0.05) is 22.9 Å². The largest absolute Gasteiger partial charge is 0.448 e. The second-order valence-corrected chi connectivity index (χ2v) is 7.73. The Morgan fingerprint density at radius 3 is 2.66 bits per heavy atom. The van der Waals surface area contributed by atoms with Gasteiger partial charge in [-0.3, -0.25) is 10.7 Å². The zero-order valence-electron chi connectivity index (χ0n) is 16.4. The van der Waals surface area contributed by atoms with Crippen LogP contribution in [0.3, 0.4) is 0 Å². The lowest BCUT2D eigenvalue weighted by Gasteiger charge is -2.29. The average molecular weight is 394 g/mol. The number of amidine groups is 1. The number of hydrogen-bond donors (Lipinski definition) is 4.